The molecule has 2 heterocycles. The SMILES string of the molecule is CCCNc1cc(N2CCNC(=O)C2CC)ccn1. The fourth-order valence-electron chi connectivity index (χ4n) is 2.38. The standard InChI is InChI=1S/C14H22N4O/c1-3-6-15-13-10-11(5-7-16-13)18-9-8-17-14(19)12(18)4-2/h5,7,10,12H,3-4,6,8-9H2,1-2H3,(H,15,16)(H,17,19). The van der Waals surface area contributed by atoms with Crippen LogP contribution in [0.15, 0.2) is 18.3 Å². The molecule has 19 heavy (non-hydrogen) atoms. The highest BCUT2D eigenvalue weighted by Gasteiger charge is 2.28. The van der Waals surface area contributed by atoms with Crippen LogP contribution in [0.2, 0.25) is 0 Å². The largest absolute Gasteiger partial charge is 0.370 e. The molecule has 1 aromatic heterocycles. The number of pyridine rings is 1. The van der Waals surface area contributed by atoms with E-state index in [9.17, 15) is 4.79 Å². The van der Waals surface area contributed by atoms with Crippen LogP contribution in [0.3, 0.4) is 0 Å². The summed E-state index contributed by atoms with van der Waals surface area (Å²) in [6.07, 6.45) is 3.67. The molecular formula is C14H22N4O. The molecular weight excluding hydrogens is 240 g/mol. The number of carbonyl (C=O) groups is 1. The molecule has 0 aliphatic carbocycles. The predicted octanol–water partition coefficient (Wildman–Crippen LogP) is 1.62. The van der Waals surface area contributed by atoms with Crippen molar-refractivity contribution in [2.75, 3.05) is 29.9 Å². The number of carbonyl (C=O) groups excluding carboxylic acids is 1. The third-order valence-corrected chi connectivity index (χ3v) is 3.35. The molecule has 1 aromatic rings. The number of rotatable bonds is 5. The van der Waals surface area contributed by atoms with Gasteiger partial charge in [0.1, 0.15) is 11.9 Å². The van der Waals surface area contributed by atoms with Gasteiger partial charge in [0.25, 0.3) is 0 Å². The maximum Gasteiger partial charge on any atom is 0.242 e. The zero-order chi connectivity index (χ0) is 13.7. The Morgan fingerprint density at radius 2 is 2.37 bits per heavy atom. The summed E-state index contributed by atoms with van der Waals surface area (Å²) in [5.41, 5.74) is 1.07. The maximum absolute atomic E-state index is 11.9. The van der Waals surface area contributed by atoms with E-state index >= 15 is 0 Å². The fourth-order valence-corrected chi connectivity index (χ4v) is 2.38. The quantitative estimate of drug-likeness (QED) is 0.846. The highest BCUT2D eigenvalue weighted by atomic mass is 16.2. The number of hydrogen-bond donors (Lipinski definition) is 2. The first-order chi connectivity index (χ1) is 9.26. The summed E-state index contributed by atoms with van der Waals surface area (Å²) < 4.78 is 0. The summed E-state index contributed by atoms with van der Waals surface area (Å²) in [5.74, 6) is 0.994. The number of piperazine rings is 1. The summed E-state index contributed by atoms with van der Waals surface area (Å²) >= 11 is 0. The van der Waals surface area contributed by atoms with E-state index in [1.54, 1.807) is 6.20 Å². The van der Waals surface area contributed by atoms with E-state index in [-0.39, 0.29) is 11.9 Å². The third-order valence-electron chi connectivity index (χ3n) is 3.35. The minimum Gasteiger partial charge on any atom is -0.370 e. The van der Waals surface area contributed by atoms with Gasteiger partial charge in [-0.3, -0.25) is 4.79 Å². The minimum absolute atomic E-state index is 0.0739. The molecule has 1 amide bonds. The van der Waals surface area contributed by atoms with Gasteiger partial charge in [-0.15, -0.1) is 0 Å². The number of nitrogens with one attached hydrogen (secondary N) is 2. The summed E-state index contributed by atoms with van der Waals surface area (Å²) in [5, 5.41) is 6.20. The van der Waals surface area contributed by atoms with E-state index in [1.807, 2.05) is 19.1 Å². The van der Waals surface area contributed by atoms with Gasteiger partial charge in [0, 0.05) is 37.6 Å². The second-order valence-electron chi connectivity index (χ2n) is 4.73. The summed E-state index contributed by atoms with van der Waals surface area (Å²) in [6.45, 7) is 6.63. The fraction of sp³-hybridized carbons (Fsp3) is 0.571. The van der Waals surface area contributed by atoms with E-state index < -0.39 is 0 Å². The van der Waals surface area contributed by atoms with E-state index in [0.717, 1.165) is 37.4 Å². The Bertz CT molecular complexity index is 435. The van der Waals surface area contributed by atoms with Gasteiger partial charge in [-0.1, -0.05) is 13.8 Å². The van der Waals surface area contributed by atoms with Crippen molar-refractivity contribution in [2.24, 2.45) is 0 Å². The topological polar surface area (TPSA) is 57.3 Å². The Morgan fingerprint density at radius 3 is 3.11 bits per heavy atom. The summed E-state index contributed by atoms with van der Waals surface area (Å²) in [6, 6.07) is 3.92. The van der Waals surface area contributed by atoms with Gasteiger partial charge in [0.2, 0.25) is 5.91 Å². The highest BCUT2D eigenvalue weighted by molar-refractivity contribution is 5.86. The van der Waals surface area contributed by atoms with Gasteiger partial charge < -0.3 is 15.5 Å². The lowest BCUT2D eigenvalue weighted by Crippen LogP contribution is -2.55. The van der Waals surface area contributed by atoms with Crippen molar-refractivity contribution in [3.05, 3.63) is 18.3 Å². The molecule has 1 fully saturated rings. The van der Waals surface area contributed by atoms with Crippen molar-refractivity contribution in [3.63, 3.8) is 0 Å². The Kier molecular flexibility index (Phi) is 4.60. The van der Waals surface area contributed by atoms with Gasteiger partial charge in [0.05, 0.1) is 0 Å². The molecule has 2 N–H and O–H groups in total. The Labute approximate surface area is 114 Å². The molecule has 1 aliphatic heterocycles. The van der Waals surface area contributed by atoms with Crippen molar-refractivity contribution >= 4 is 17.4 Å². The second kappa shape index (κ2) is 6.41. The highest BCUT2D eigenvalue weighted by Crippen LogP contribution is 2.22. The van der Waals surface area contributed by atoms with Gasteiger partial charge in [-0.05, 0) is 18.9 Å². The first kappa shape index (κ1) is 13.6. The normalized spacial score (nSPS) is 19.2. The van der Waals surface area contributed by atoms with Gasteiger partial charge >= 0.3 is 0 Å². The van der Waals surface area contributed by atoms with Crippen molar-refractivity contribution < 1.29 is 4.79 Å². The van der Waals surface area contributed by atoms with E-state index in [0.29, 0.717) is 6.54 Å². The minimum atomic E-state index is -0.0739. The first-order valence-electron chi connectivity index (χ1n) is 7.00. The van der Waals surface area contributed by atoms with Crippen molar-refractivity contribution in [2.45, 2.75) is 32.7 Å². The maximum atomic E-state index is 11.9. The average molecular weight is 262 g/mol. The Hall–Kier alpha value is -1.78. The molecule has 1 aliphatic rings. The third kappa shape index (κ3) is 3.16. The van der Waals surface area contributed by atoms with Crippen LogP contribution in [0.1, 0.15) is 26.7 Å². The molecule has 1 unspecified atom stereocenters. The van der Waals surface area contributed by atoms with Crippen LogP contribution in [0, 0.1) is 0 Å². The Balaban J connectivity index is 2.17. The number of anilines is 2. The molecule has 104 valence electrons. The molecule has 0 radical (unpaired) electrons. The molecule has 0 bridgehead atoms. The number of hydrogen-bond acceptors (Lipinski definition) is 4. The van der Waals surface area contributed by atoms with Gasteiger partial charge in [0.15, 0.2) is 0 Å². The predicted molar refractivity (Wildman–Crippen MR) is 77.5 cm³/mol. The lowest BCUT2D eigenvalue weighted by Gasteiger charge is -2.36. The van der Waals surface area contributed by atoms with Crippen molar-refractivity contribution in [1.82, 2.24) is 10.3 Å². The monoisotopic (exact) mass is 262 g/mol. The molecule has 1 atom stereocenters. The average Bonchev–Trinajstić information content (AvgIpc) is 2.45. The zero-order valence-corrected chi connectivity index (χ0v) is 11.6. The van der Waals surface area contributed by atoms with E-state index in [1.165, 1.54) is 0 Å². The summed E-state index contributed by atoms with van der Waals surface area (Å²) in [4.78, 5) is 18.3. The molecule has 0 spiro atoms. The number of nitrogens with zero attached hydrogens (tertiary/aromatic N) is 2. The van der Waals surface area contributed by atoms with E-state index in [4.69, 9.17) is 0 Å². The summed E-state index contributed by atoms with van der Waals surface area (Å²) in [7, 11) is 0. The van der Waals surface area contributed by atoms with Crippen LogP contribution in [0.5, 0.6) is 0 Å². The van der Waals surface area contributed by atoms with Crippen LogP contribution in [-0.2, 0) is 4.79 Å². The molecule has 0 saturated carbocycles. The van der Waals surface area contributed by atoms with Gasteiger partial charge in [-0.2, -0.15) is 0 Å². The zero-order valence-electron chi connectivity index (χ0n) is 11.6. The number of aromatic nitrogens is 1. The second-order valence-corrected chi connectivity index (χ2v) is 4.73. The van der Waals surface area contributed by atoms with Crippen molar-refractivity contribution in [1.29, 1.82) is 0 Å². The molecule has 2 rings (SSSR count). The Morgan fingerprint density at radius 1 is 1.53 bits per heavy atom. The molecule has 5 nitrogen and oxygen atoms in total. The first-order valence-corrected chi connectivity index (χ1v) is 7.00. The van der Waals surface area contributed by atoms with Crippen LogP contribution in [-0.4, -0.2) is 36.6 Å². The molecule has 1 saturated heterocycles. The van der Waals surface area contributed by atoms with E-state index in [2.05, 4.69) is 27.4 Å². The smallest absolute Gasteiger partial charge is 0.242 e. The van der Waals surface area contributed by atoms with Crippen molar-refractivity contribution in [3.8, 4) is 0 Å². The molecule has 5 heteroatoms. The lowest BCUT2D eigenvalue weighted by atomic mass is 10.1. The van der Waals surface area contributed by atoms with Crippen LogP contribution >= 0.6 is 0 Å². The van der Waals surface area contributed by atoms with Crippen LogP contribution in [0.4, 0.5) is 11.5 Å². The van der Waals surface area contributed by atoms with Crippen LogP contribution < -0.4 is 15.5 Å². The van der Waals surface area contributed by atoms with Crippen LogP contribution in [0.25, 0.3) is 0 Å². The number of amides is 1. The molecule has 0 aromatic carbocycles. The lowest BCUT2D eigenvalue weighted by molar-refractivity contribution is -0.123. The van der Waals surface area contributed by atoms with Gasteiger partial charge in [-0.25, -0.2) is 4.98 Å².